The zero-order valence-electron chi connectivity index (χ0n) is 9.83. The molecule has 1 aromatic rings. The number of aryl methyl sites for hydroxylation is 1. The van der Waals surface area contributed by atoms with Crippen molar-refractivity contribution in [3.05, 3.63) is 35.4 Å². The van der Waals surface area contributed by atoms with E-state index in [-0.39, 0.29) is 0 Å². The molecular weight excluding hydrogens is 182 g/mol. The number of hydrogen-bond donors (Lipinski definition) is 0. The summed E-state index contributed by atoms with van der Waals surface area (Å²) in [5.74, 6) is 0.917. The maximum absolute atomic E-state index is 2.51. The Morgan fingerprint density at radius 1 is 1.27 bits per heavy atom. The van der Waals surface area contributed by atoms with Crippen LogP contribution in [0.4, 0.5) is 0 Å². The fraction of sp³-hybridized carbons (Fsp3) is 0.571. The molecule has 0 bridgehead atoms. The molecule has 3 unspecified atom stereocenters. The van der Waals surface area contributed by atoms with Crippen LogP contribution >= 0.6 is 0 Å². The second-order valence-corrected chi connectivity index (χ2v) is 5.42. The third-order valence-corrected chi connectivity index (χ3v) is 4.66. The fourth-order valence-corrected chi connectivity index (χ4v) is 3.45. The summed E-state index contributed by atoms with van der Waals surface area (Å²) in [6.07, 6.45) is 1.40. The SMILES string of the molecule is Cc1ccc(C23CC2CN(C)C3C)cc1. The molecule has 2 aliphatic rings. The minimum absolute atomic E-state index is 0.502. The highest BCUT2D eigenvalue weighted by Crippen LogP contribution is 2.62. The normalized spacial score (nSPS) is 39.1. The molecule has 3 rings (SSSR count). The van der Waals surface area contributed by atoms with Gasteiger partial charge in [0.25, 0.3) is 0 Å². The lowest BCUT2D eigenvalue weighted by Gasteiger charge is -2.26. The van der Waals surface area contributed by atoms with Gasteiger partial charge < -0.3 is 4.90 Å². The molecular formula is C14H19N. The van der Waals surface area contributed by atoms with E-state index in [0.717, 1.165) is 5.92 Å². The third-order valence-electron chi connectivity index (χ3n) is 4.66. The summed E-state index contributed by atoms with van der Waals surface area (Å²) in [4.78, 5) is 2.51. The quantitative estimate of drug-likeness (QED) is 0.675. The molecule has 1 aliphatic carbocycles. The lowest BCUT2D eigenvalue weighted by atomic mass is 9.88. The Balaban J connectivity index is 1.98. The lowest BCUT2D eigenvalue weighted by molar-refractivity contribution is 0.273. The second kappa shape index (κ2) is 2.85. The summed E-state index contributed by atoms with van der Waals surface area (Å²) >= 11 is 0. The summed E-state index contributed by atoms with van der Waals surface area (Å²) in [6.45, 7) is 5.83. The molecule has 1 heterocycles. The molecule has 1 saturated carbocycles. The van der Waals surface area contributed by atoms with Gasteiger partial charge in [0.15, 0.2) is 0 Å². The number of piperidine rings is 1. The van der Waals surface area contributed by atoms with E-state index in [4.69, 9.17) is 0 Å². The first-order valence-corrected chi connectivity index (χ1v) is 5.92. The topological polar surface area (TPSA) is 3.24 Å². The number of benzene rings is 1. The van der Waals surface area contributed by atoms with Crippen LogP contribution in [0, 0.1) is 12.8 Å². The van der Waals surface area contributed by atoms with E-state index in [9.17, 15) is 0 Å². The van der Waals surface area contributed by atoms with Gasteiger partial charge in [-0.15, -0.1) is 0 Å². The Labute approximate surface area is 92.1 Å². The molecule has 0 amide bonds. The highest BCUT2D eigenvalue weighted by atomic mass is 15.2. The van der Waals surface area contributed by atoms with Crippen molar-refractivity contribution in [2.24, 2.45) is 5.92 Å². The minimum atomic E-state index is 0.502. The first-order valence-electron chi connectivity index (χ1n) is 5.92. The van der Waals surface area contributed by atoms with Crippen molar-refractivity contribution < 1.29 is 0 Å². The number of hydrogen-bond acceptors (Lipinski definition) is 1. The maximum atomic E-state index is 2.51. The zero-order chi connectivity index (χ0) is 10.6. The van der Waals surface area contributed by atoms with Crippen LogP contribution in [0.15, 0.2) is 24.3 Å². The van der Waals surface area contributed by atoms with Gasteiger partial charge in [-0.3, -0.25) is 0 Å². The summed E-state index contributed by atoms with van der Waals surface area (Å²) < 4.78 is 0. The van der Waals surface area contributed by atoms with E-state index in [1.165, 1.54) is 18.5 Å². The Morgan fingerprint density at radius 2 is 1.93 bits per heavy atom. The zero-order valence-corrected chi connectivity index (χ0v) is 9.83. The molecule has 0 spiro atoms. The second-order valence-electron chi connectivity index (χ2n) is 5.42. The van der Waals surface area contributed by atoms with Gasteiger partial charge in [0, 0.05) is 18.0 Å². The molecule has 2 fully saturated rings. The molecule has 0 aromatic heterocycles. The average molecular weight is 201 g/mol. The van der Waals surface area contributed by atoms with Gasteiger partial charge in [0.2, 0.25) is 0 Å². The molecule has 1 saturated heterocycles. The molecule has 0 radical (unpaired) electrons. The van der Waals surface area contributed by atoms with Gasteiger partial charge >= 0.3 is 0 Å². The van der Waals surface area contributed by atoms with Crippen LogP contribution in [0.3, 0.4) is 0 Å². The van der Waals surface area contributed by atoms with Crippen LogP contribution in [0.5, 0.6) is 0 Å². The number of likely N-dealkylation sites (tertiary alicyclic amines) is 1. The van der Waals surface area contributed by atoms with Crippen LogP contribution in [0.25, 0.3) is 0 Å². The predicted molar refractivity (Wildman–Crippen MR) is 63.1 cm³/mol. The van der Waals surface area contributed by atoms with Crippen molar-refractivity contribution in [2.45, 2.75) is 31.7 Å². The van der Waals surface area contributed by atoms with Crippen molar-refractivity contribution >= 4 is 0 Å². The number of likely N-dealkylation sites (N-methyl/N-ethyl adjacent to an activating group) is 1. The van der Waals surface area contributed by atoms with E-state index >= 15 is 0 Å². The van der Waals surface area contributed by atoms with Crippen LogP contribution in [-0.2, 0) is 5.41 Å². The van der Waals surface area contributed by atoms with Gasteiger partial charge in [0.1, 0.15) is 0 Å². The standard InChI is InChI=1S/C14H19N/c1-10-4-6-12(7-5-10)14-8-13(14)9-15(3)11(14)2/h4-7,11,13H,8-9H2,1-3H3. The van der Waals surface area contributed by atoms with Crippen molar-refractivity contribution in [2.75, 3.05) is 13.6 Å². The van der Waals surface area contributed by atoms with E-state index < -0.39 is 0 Å². The van der Waals surface area contributed by atoms with Crippen LogP contribution < -0.4 is 0 Å². The molecule has 80 valence electrons. The van der Waals surface area contributed by atoms with Gasteiger partial charge in [-0.1, -0.05) is 29.8 Å². The molecule has 3 atom stereocenters. The summed E-state index contributed by atoms with van der Waals surface area (Å²) in [6, 6.07) is 9.90. The molecule has 1 aliphatic heterocycles. The Bertz CT molecular complexity index is 381. The summed E-state index contributed by atoms with van der Waals surface area (Å²) in [5.41, 5.74) is 3.43. The maximum Gasteiger partial charge on any atom is 0.0164 e. The van der Waals surface area contributed by atoms with Crippen molar-refractivity contribution in [3.8, 4) is 0 Å². The molecule has 1 nitrogen and oxygen atoms in total. The lowest BCUT2D eigenvalue weighted by Crippen LogP contribution is -2.33. The number of nitrogens with zero attached hydrogens (tertiary/aromatic N) is 1. The van der Waals surface area contributed by atoms with Gasteiger partial charge in [-0.25, -0.2) is 0 Å². The highest BCUT2D eigenvalue weighted by molar-refractivity contribution is 5.40. The predicted octanol–water partition coefficient (Wildman–Crippen LogP) is 2.59. The Hall–Kier alpha value is -0.820. The van der Waals surface area contributed by atoms with Crippen molar-refractivity contribution in [1.29, 1.82) is 0 Å². The van der Waals surface area contributed by atoms with E-state index in [1.54, 1.807) is 5.56 Å². The van der Waals surface area contributed by atoms with Crippen molar-refractivity contribution in [3.63, 3.8) is 0 Å². The minimum Gasteiger partial charge on any atom is -0.302 e. The first kappa shape index (κ1) is 9.41. The largest absolute Gasteiger partial charge is 0.302 e. The van der Waals surface area contributed by atoms with Crippen LogP contribution in [0.1, 0.15) is 24.5 Å². The average Bonchev–Trinajstić information content (AvgIpc) is 2.87. The smallest absolute Gasteiger partial charge is 0.0164 e. The summed E-state index contributed by atoms with van der Waals surface area (Å²) in [5, 5.41) is 0. The number of fused-ring (bicyclic) bond motifs is 1. The van der Waals surface area contributed by atoms with Crippen LogP contribution in [0.2, 0.25) is 0 Å². The molecule has 15 heavy (non-hydrogen) atoms. The van der Waals surface area contributed by atoms with E-state index in [1.807, 2.05) is 0 Å². The molecule has 0 N–H and O–H groups in total. The van der Waals surface area contributed by atoms with Crippen LogP contribution in [-0.4, -0.2) is 24.5 Å². The van der Waals surface area contributed by atoms with Gasteiger partial charge in [-0.2, -0.15) is 0 Å². The first-order chi connectivity index (χ1) is 7.14. The highest BCUT2D eigenvalue weighted by Gasteiger charge is 2.63. The Kier molecular flexibility index (Phi) is 1.79. The van der Waals surface area contributed by atoms with E-state index in [0.29, 0.717) is 11.5 Å². The van der Waals surface area contributed by atoms with E-state index in [2.05, 4.69) is 50.1 Å². The molecule has 1 heteroatoms. The Morgan fingerprint density at radius 3 is 2.47 bits per heavy atom. The van der Waals surface area contributed by atoms with Gasteiger partial charge in [0.05, 0.1) is 0 Å². The number of rotatable bonds is 1. The fourth-order valence-electron chi connectivity index (χ4n) is 3.45. The summed E-state index contributed by atoms with van der Waals surface area (Å²) in [7, 11) is 2.26. The third kappa shape index (κ3) is 1.13. The molecule has 1 aromatic carbocycles. The van der Waals surface area contributed by atoms with Gasteiger partial charge in [-0.05, 0) is 38.8 Å². The monoisotopic (exact) mass is 201 g/mol. The van der Waals surface area contributed by atoms with Crippen molar-refractivity contribution in [1.82, 2.24) is 4.90 Å².